The van der Waals surface area contributed by atoms with Crippen LogP contribution in [0.3, 0.4) is 0 Å². The molecule has 0 aromatic heterocycles. The second kappa shape index (κ2) is 6.39. The Kier molecular flexibility index (Phi) is 6.75. The summed E-state index contributed by atoms with van der Waals surface area (Å²) in [7, 11) is 1.47. The summed E-state index contributed by atoms with van der Waals surface area (Å²) in [6, 6.07) is 2.35. The van der Waals surface area contributed by atoms with E-state index in [1.54, 1.807) is 0 Å². The molecule has 0 aliphatic carbocycles. The van der Waals surface area contributed by atoms with E-state index in [2.05, 4.69) is 13.8 Å². The SMILES string of the molecule is CC[Si]O[Si]CC. The Morgan fingerprint density at radius 2 is 1.57 bits per heavy atom. The van der Waals surface area contributed by atoms with Gasteiger partial charge in [0, 0.05) is 0 Å². The molecule has 0 fully saturated rings. The first-order chi connectivity index (χ1) is 3.41. The van der Waals surface area contributed by atoms with E-state index in [1.165, 1.54) is 12.1 Å². The van der Waals surface area contributed by atoms with Crippen LogP contribution in [0.5, 0.6) is 0 Å². The molecule has 0 bridgehead atoms. The van der Waals surface area contributed by atoms with Gasteiger partial charge in [-0.05, 0) is 12.1 Å². The van der Waals surface area contributed by atoms with Gasteiger partial charge >= 0.3 is 0 Å². The van der Waals surface area contributed by atoms with Crippen LogP contribution >= 0.6 is 0 Å². The number of rotatable bonds is 4. The van der Waals surface area contributed by atoms with Crippen LogP contribution in [0, 0.1) is 0 Å². The molecule has 4 radical (unpaired) electrons. The van der Waals surface area contributed by atoms with E-state index >= 15 is 0 Å². The zero-order valence-corrected chi connectivity index (χ0v) is 6.82. The molecule has 0 aromatic carbocycles. The largest absolute Gasteiger partial charge is 0.457 e. The predicted octanol–water partition coefficient (Wildman–Crippen LogP) is 1.12. The van der Waals surface area contributed by atoms with Crippen molar-refractivity contribution in [3.63, 3.8) is 0 Å². The molecular formula is C4H10OSi2. The lowest BCUT2D eigenvalue weighted by atomic mass is 11.0. The van der Waals surface area contributed by atoms with Crippen molar-refractivity contribution in [2.45, 2.75) is 25.9 Å². The maximum atomic E-state index is 5.19. The van der Waals surface area contributed by atoms with Crippen LogP contribution in [0.15, 0.2) is 0 Å². The van der Waals surface area contributed by atoms with Crippen molar-refractivity contribution in [3.05, 3.63) is 0 Å². The highest BCUT2D eigenvalue weighted by Gasteiger charge is 1.84. The van der Waals surface area contributed by atoms with Gasteiger partial charge in [0.05, 0.1) is 0 Å². The zero-order chi connectivity index (χ0) is 5.54. The lowest BCUT2D eigenvalue weighted by Crippen LogP contribution is -1.99. The summed E-state index contributed by atoms with van der Waals surface area (Å²) in [5, 5.41) is 0. The monoisotopic (exact) mass is 130 g/mol. The summed E-state index contributed by atoms with van der Waals surface area (Å²) in [5.74, 6) is 0. The third-order valence-corrected chi connectivity index (χ3v) is 2.17. The number of hydrogen-bond donors (Lipinski definition) is 0. The molecule has 0 unspecified atom stereocenters. The normalized spacial score (nSPS) is 9.43. The van der Waals surface area contributed by atoms with Gasteiger partial charge in [-0.1, -0.05) is 13.8 Å². The van der Waals surface area contributed by atoms with Gasteiger partial charge in [0.2, 0.25) is 19.5 Å². The third kappa shape index (κ3) is 6.39. The standard InChI is InChI=1S/C4H10OSi2/c1-3-6-5-7-4-2/h3-4H2,1-2H3. The smallest absolute Gasteiger partial charge is 0.214 e. The van der Waals surface area contributed by atoms with Crippen LogP contribution in [0.4, 0.5) is 0 Å². The molecule has 0 aliphatic rings. The highest BCUT2D eigenvalue weighted by atomic mass is 28.3. The topological polar surface area (TPSA) is 9.23 Å². The van der Waals surface area contributed by atoms with E-state index in [1.807, 2.05) is 0 Å². The van der Waals surface area contributed by atoms with Crippen molar-refractivity contribution in [2.75, 3.05) is 0 Å². The molecule has 0 spiro atoms. The van der Waals surface area contributed by atoms with Crippen molar-refractivity contribution < 1.29 is 4.12 Å². The Morgan fingerprint density at radius 1 is 1.14 bits per heavy atom. The Hall–Kier alpha value is 0.394. The van der Waals surface area contributed by atoms with Crippen molar-refractivity contribution >= 4 is 19.5 Å². The average Bonchev–Trinajstić information content (AvgIpc) is 1.69. The molecule has 40 valence electrons. The molecule has 0 heterocycles. The minimum absolute atomic E-state index is 0.734. The first-order valence-corrected chi connectivity index (χ1v) is 4.76. The minimum Gasteiger partial charge on any atom is -0.457 e. The lowest BCUT2D eigenvalue weighted by molar-refractivity contribution is 0.637. The summed E-state index contributed by atoms with van der Waals surface area (Å²) in [6.45, 7) is 4.27. The summed E-state index contributed by atoms with van der Waals surface area (Å²) in [4.78, 5) is 0. The fourth-order valence-electron chi connectivity index (χ4n) is 0.195. The van der Waals surface area contributed by atoms with E-state index in [4.69, 9.17) is 4.12 Å². The van der Waals surface area contributed by atoms with Crippen LogP contribution in [-0.2, 0) is 4.12 Å². The summed E-state index contributed by atoms with van der Waals surface area (Å²) < 4.78 is 5.19. The fraction of sp³-hybridized carbons (Fsp3) is 1.00. The molecular weight excluding hydrogens is 120 g/mol. The molecule has 0 saturated heterocycles. The highest BCUT2D eigenvalue weighted by Crippen LogP contribution is 1.77. The van der Waals surface area contributed by atoms with Crippen molar-refractivity contribution in [3.8, 4) is 0 Å². The Labute approximate surface area is 50.3 Å². The average molecular weight is 130 g/mol. The van der Waals surface area contributed by atoms with Gasteiger partial charge in [-0.3, -0.25) is 0 Å². The second-order valence-electron chi connectivity index (χ2n) is 1.10. The fourth-order valence-corrected chi connectivity index (χ4v) is 1.76. The third-order valence-electron chi connectivity index (χ3n) is 0.433. The molecule has 0 atom stereocenters. The van der Waals surface area contributed by atoms with E-state index in [0.717, 1.165) is 19.5 Å². The van der Waals surface area contributed by atoms with Gasteiger partial charge < -0.3 is 4.12 Å². The molecule has 1 nitrogen and oxygen atoms in total. The molecule has 0 saturated carbocycles. The minimum atomic E-state index is 0.734. The molecule has 7 heavy (non-hydrogen) atoms. The molecule has 0 aliphatic heterocycles. The van der Waals surface area contributed by atoms with E-state index in [-0.39, 0.29) is 0 Å². The first-order valence-electron chi connectivity index (χ1n) is 2.53. The van der Waals surface area contributed by atoms with Crippen LogP contribution in [0.1, 0.15) is 13.8 Å². The molecule has 0 amide bonds. The maximum Gasteiger partial charge on any atom is 0.214 e. The quantitative estimate of drug-likeness (QED) is 0.409. The Balaban J connectivity index is 2.45. The van der Waals surface area contributed by atoms with Gasteiger partial charge in [-0.15, -0.1) is 0 Å². The van der Waals surface area contributed by atoms with Gasteiger partial charge in [-0.2, -0.15) is 0 Å². The van der Waals surface area contributed by atoms with E-state index in [9.17, 15) is 0 Å². The van der Waals surface area contributed by atoms with Crippen LogP contribution < -0.4 is 0 Å². The van der Waals surface area contributed by atoms with E-state index in [0.29, 0.717) is 0 Å². The molecule has 0 rings (SSSR count). The molecule has 3 heteroatoms. The lowest BCUT2D eigenvalue weighted by Gasteiger charge is -1.91. The van der Waals surface area contributed by atoms with Crippen LogP contribution in [-0.4, -0.2) is 19.5 Å². The van der Waals surface area contributed by atoms with Gasteiger partial charge in [-0.25, -0.2) is 0 Å². The van der Waals surface area contributed by atoms with Gasteiger partial charge in [0.25, 0.3) is 0 Å². The van der Waals surface area contributed by atoms with Crippen LogP contribution in [0.2, 0.25) is 12.1 Å². The van der Waals surface area contributed by atoms with Crippen molar-refractivity contribution in [1.82, 2.24) is 0 Å². The maximum absolute atomic E-state index is 5.19. The summed E-state index contributed by atoms with van der Waals surface area (Å²) >= 11 is 0. The number of hydrogen-bond acceptors (Lipinski definition) is 1. The first kappa shape index (κ1) is 7.39. The summed E-state index contributed by atoms with van der Waals surface area (Å²) in [6.07, 6.45) is 0. The van der Waals surface area contributed by atoms with Gasteiger partial charge in [0.15, 0.2) is 0 Å². The van der Waals surface area contributed by atoms with E-state index < -0.39 is 0 Å². The van der Waals surface area contributed by atoms with Crippen LogP contribution in [0.25, 0.3) is 0 Å². The summed E-state index contributed by atoms with van der Waals surface area (Å²) in [5.41, 5.74) is 0. The Morgan fingerprint density at radius 3 is 1.86 bits per heavy atom. The predicted molar refractivity (Wildman–Crippen MR) is 33.6 cm³/mol. The zero-order valence-electron chi connectivity index (χ0n) is 4.82. The highest BCUT2D eigenvalue weighted by molar-refractivity contribution is 6.42. The Bertz CT molecular complexity index is 28.9. The molecule has 0 aromatic rings. The second-order valence-corrected chi connectivity index (χ2v) is 3.91. The van der Waals surface area contributed by atoms with Crippen molar-refractivity contribution in [1.29, 1.82) is 0 Å². The molecule has 0 N–H and O–H groups in total. The van der Waals surface area contributed by atoms with Gasteiger partial charge in [0.1, 0.15) is 0 Å². The van der Waals surface area contributed by atoms with Crippen molar-refractivity contribution in [2.24, 2.45) is 0 Å².